The van der Waals surface area contributed by atoms with Gasteiger partial charge in [0.15, 0.2) is 0 Å². The minimum Gasteiger partial charge on any atom is -0.489 e. The van der Waals surface area contributed by atoms with Crippen molar-refractivity contribution in [3.8, 4) is 5.75 Å². The van der Waals surface area contributed by atoms with Crippen LogP contribution in [0.15, 0.2) is 54.6 Å². The van der Waals surface area contributed by atoms with Crippen molar-refractivity contribution in [2.45, 2.75) is 13.5 Å². The van der Waals surface area contributed by atoms with Crippen LogP contribution in [-0.4, -0.2) is 13.2 Å². The molecule has 0 atom stereocenters. The maximum absolute atomic E-state index is 13.3. The average Bonchev–Trinajstić information content (AvgIpc) is 2.52. The number of hydrogen-bond donors (Lipinski definition) is 1. The zero-order valence-electron chi connectivity index (χ0n) is 12.2. The molecule has 0 bridgehead atoms. The number of halogens is 1. The first-order chi connectivity index (χ1) is 10.3. The molecule has 0 heterocycles. The molecule has 0 fully saturated rings. The Kier molecular flexibility index (Phi) is 5.98. The SMILES string of the molecule is CCNCc1cc(F)ccc1OC/C=C/c1ccccc1. The Bertz CT molecular complexity index is 581. The molecular weight excluding hydrogens is 265 g/mol. The summed E-state index contributed by atoms with van der Waals surface area (Å²) in [6.45, 7) is 3.91. The first kappa shape index (κ1) is 15.3. The summed E-state index contributed by atoms with van der Waals surface area (Å²) in [5, 5.41) is 3.18. The standard InChI is InChI=1S/C18H20FNO/c1-2-20-14-16-13-17(19)10-11-18(16)21-12-6-9-15-7-4-3-5-8-15/h3-11,13,20H,2,12,14H2,1H3/b9-6+. The van der Waals surface area contributed by atoms with E-state index in [0.29, 0.717) is 13.2 Å². The van der Waals surface area contributed by atoms with Crippen LogP contribution in [0.4, 0.5) is 4.39 Å². The first-order valence-corrected chi connectivity index (χ1v) is 7.13. The van der Waals surface area contributed by atoms with Crippen LogP contribution in [0.5, 0.6) is 5.75 Å². The van der Waals surface area contributed by atoms with Gasteiger partial charge in [0, 0.05) is 12.1 Å². The van der Waals surface area contributed by atoms with E-state index >= 15 is 0 Å². The van der Waals surface area contributed by atoms with Crippen LogP contribution in [0, 0.1) is 5.82 Å². The highest BCUT2D eigenvalue weighted by Gasteiger charge is 2.04. The van der Waals surface area contributed by atoms with Crippen molar-refractivity contribution in [1.82, 2.24) is 5.32 Å². The second-order valence-corrected chi connectivity index (χ2v) is 4.66. The molecule has 2 aromatic carbocycles. The molecule has 21 heavy (non-hydrogen) atoms. The van der Waals surface area contributed by atoms with Crippen molar-refractivity contribution in [2.75, 3.05) is 13.2 Å². The molecule has 0 aromatic heterocycles. The van der Waals surface area contributed by atoms with Crippen LogP contribution in [0.25, 0.3) is 6.08 Å². The minimum absolute atomic E-state index is 0.241. The number of rotatable bonds is 7. The fourth-order valence-electron chi connectivity index (χ4n) is 1.97. The lowest BCUT2D eigenvalue weighted by Crippen LogP contribution is -2.13. The van der Waals surface area contributed by atoms with E-state index in [4.69, 9.17) is 4.74 Å². The number of hydrogen-bond acceptors (Lipinski definition) is 2. The predicted molar refractivity (Wildman–Crippen MR) is 84.8 cm³/mol. The second-order valence-electron chi connectivity index (χ2n) is 4.66. The van der Waals surface area contributed by atoms with Gasteiger partial charge >= 0.3 is 0 Å². The average molecular weight is 285 g/mol. The highest BCUT2D eigenvalue weighted by atomic mass is 19.1. The highest BCUT2D eigenvalue weighted by Crippen LogP contribution is 2.19. The maximum atomic E-state index is 13.3. The van der Waals surface area contributed by atoms with E-state index in [-0.39, 0.29) is 5.82 Å². The zero-order chi connectivity index (χ0) is 14.9. The van der Waals surface area contributed by atoms with E-state index in [2.05, 4.69) is 5.32 Å². The topological polar surface area (TPSA) is 21.3 Å². The summed E-state index contributed by atoms with van der Waals surface area (Å²) in [7, 11) is 0. The van der Waals surface area contributed by atoms with Gasteiger partial charge in [-0.15, -0.1) is 0 Å². The van der Waals surface area contributed by atoms with Crippen LogP contribution in [-0.2, 0) is 6.54 Å². The highest BCUT2D eigenvalue weighted by molar-refractivity contribution is 5.48. The summed E-state index contributed by atoms with van der Waals surface area (Å²) in [5.74, 6) is 0.477. The van der Waals surface area contributed by atoms with E-state index in [1.807, 2.05) is 49.4 Å². The van der Waals surface area contributed by atoms with Crippen molar-refractivity contribution in [3.63, 3.8) is 0 Å². The van der Waals surface area contributed by atoms with E-state index in [1.54, 1.807) is 6.07 Å². The smallest absolute Gasteiger partial charge is 0.124 e. The molecule has 0 spiro atoms. The molecule has 0 aliphatic heterocycles. The Labute approximate surface area is 125 Å². The zero-order valence-corrected chi connectivity index (χ0v) is 12.2. The lowest BCUT2D eigenvalue weighted by atomic mass is 10.2. The number of benzene rings is 2. The van der Waals surface area contributed by atoms with Gasteiger partial charge in [0.1, 0.15) is 18.2 Å². The third kappa shape index (κ3) is 5.04. The Balaban J connectivity index is 1.94. The van der Waals surface area contributed by atoms with E-state index in [0.717, 1.165) is 23.4 Å². The molecule has 0 unspecified atom stereocenters. The van der Waals surface area contributed by atoms with Crippen LogP contribution in [0.1, 0.15) is 18.1 Å². The molecule has 3 heteroatoms. The molecule has 0 amide bonds. The van der Waals surface area contributed by atoms with Gasteiger partial charge in [-0.1, -0.05) is 43.3 Å². The monoisotopic (exact) mass is 285 g/mol. The van der Waals surface area contributed by atoms with Crippen LogP contribution in [0.3, 0.4) is 0 Å². The van der Waals surface area contributed by atoms with Gasteiger partial charge in [-0.2, -0.15) is 0 Å². The lowest BCUT2D eigenvalue weighted by Gasteiger charge is -2.10. The largest absolute Gasteiger partial charge is 0.489 e. The fraction of sp³-hybridized carbons (Fsp3) is 0.222. The number of nitrogens with one attached hydrogen (secondary N) is 1. The molecule has 2 nitrogen and oxygen atoms in total. The Morgan fingerprint density at radius 3 is 2.71 bits per heavy atom. The Hall–Kier alpha value is -2.13. The molecule has 2 aromatic rings. The van der Waals surface area contributed by atoms with Crippen molar-refractivity contribution in [1.29, 1.82) is 0 Å². The molecular formula is C18H20FNO. The van der Waals surface area contributed by atoms with Gasteiger partial charge in [-0.3, -0.25) is 0 Å². The first-order valence-electron chi connectivity index (χ1n) is 7.13. The molecule has 0 saturated heterocycles. The Morgan fingerprint density at radius 2 is 1.95 bits per heavy atom. The van der Waals surface area contributed by atoms with Crippen molar-refractivity contribution in [3.05, 3.63) is 71.6 Å². The summed E-state index contributed by atoms with van der Waals surface area (Å²) in [6, 6.07) is 14.7. The third-order valence-corrected chi connectivity index (χ3v) is 3.03. The van der Waals surface area contributed by atoms with Crippen molar-refractivity contribution >= 4 is 6.08 Å². The van der Waals surface area contributed by atoms with E-state index in [9.17, 15) is 4.39 Å². The molecule has 1 N–H and O–H groups in total. The Morgan fingerprint density at radius 1 is 1.14 bits per heavy atom. The summed E-state index contributed by atoms with van der Waals surface area (Å²) in [4.78, 5) is 0. The molecule has 0 aliphatic carbocycles. The lowest BCUT2D eigenvalue weighted by molar-refractivity contribution is 0.357. The van der Waals surface area contributed by atoms with E-state index in [1.165, 1.54) is 12.1 Å². The van der Waals surface area contributed by atoms with Crippen LogP contribution in [0.2, 0.25) is 0 Å². The van der Waals surface area contributed by atoms with E-state index < -0.39 is 0 Å². The van der Waals surface area contributed by atoms with Crippen molar-refractivity contribution < 1.29 is 9.13 Å². The second kappa shape index (κ2) is 8.22. The quantitative estimate of drug-likeness (QED) is 0.829. The molecule has 110 valence electrons. The summed E-state index contributed by atoms with van der Waals surface area (Å²) in [5.41, 5.74) is 1.97. The van der Waals surface area contributed by atoms with Crippen molar-refractivity contribution in [2.24, 2.45) is 0 Å². The van der Waals surface area contributed by atoms with Gasteiger partial charge in [0.25, 0.3) is 0 Å². The summed E-state index contributed by atoms with van der Waals surface area (Å²) >= 11 is 0. The third-order valence-electron chi connectivity index (χ3n) is 3.03. The van der Waals surface area contributed by atoms with Gasteiger partial charge < -0.3 is 10.1 Å². The maximum Gasteiger partial charge on any atom is 0.124 e. The van der Waals surface area contributed by atoms with Crippen LogP contribution >= 0.6 is 0 Å². The molecule has 0 aliphatic rings. The normalized spacial score (nSPS) is 11.0. The summed E-state index contributed by atoms with van der Waals surface area (Å²) in [6.07, 6.45) is 3.96. The fourth-order valence-corrected chi connectivity index (χ4v) is 1.97. The molecule has 0 radical (unpaired) electrons. The van der Waals surface area contributed by atoms with Crippen LogP contribution < -0.4 is 10.1 Å². The number of ether oxygens (including phenoxy) is 1. The minimum atomic E-state index is -0.241. The molecule has 0 saturated carbocycles. The molecule has 2 rings (SSSR count). The van der Waals surface area contributed by atoms with Gasteiger partial charge in [-0.25, -0.2) is 4.39 Å². The summed E-state index contributed by atoms with van der Waals surface area (Å²) < 4.78 is 19.0. The van der Waals surface area contributed by atoms with Gasteiger partial charge in [0.2, 0.25) is 0 Å². The van der Waals surface area contributed by atoms with Gasteiger partial charge in [-0.05, 0) is 36.4 Å². The van der Waals surface area contributed by atoms with Gasteiger partial charge in [0.05, 0.1) is 0 Å². The predicted octanol–water partition coefficient (Wildman–Crippen LogP) is 4.03.